The van der Waals surface area contributed by atoms with Gasteiger partial charge in [0.1, 0.15) is 16.5 Å². The summed E-state index contributed by atoms with van der Waals surface area (Å²) < 4.78 is 40.4. The number of rotatable bonds is 2. The van der Waals surface area contributed by atoms with Crippen LogP contribution in [-0.4, -0.2) is 8.42 Å². The lowest BCUT2D eigenvalue weighted by Gasteiger charge is -2.01. The van der Waals surface area contributed by atoms with Gasteiger partial charge in [0.15, 0.2) is 0 Å². The lowest BCUT2D eigenvalue weighted by atomic mass is 10.2. The van der Waals surface area contributed by atoms with E-state index < -0.39 is 19.8 Å². The van der Waals surface area contributed by atoms with Crippen LogP contribution in [0.3, 0.4) is 0 Å². The van der Waals surface area contributed by atoms with Gasteiger partial charge in [-0.15, -0.1) is 0 Å². The molecule has 1 aromatic heterocycles. The van der Waals surface area contributed by atoms with E-state index in [-0.39, 0.29) is 0 Å². The van der Waals surface area contributed by atoms with Crippen molar-refractivity contribution >= 4 is 19.7 Å². The minimum absolute atomic E-state index is 0.446. The standard InChI is InChI=1S/C10H6ClFO3S/c11-16(13,14)10-6-7(3-4-8(10)12)9-2-1-5-15-9/h1-6H. The van der Waals surface area contributed by atoms with Crippen molar-refractivity contribution in [1.82, 2.24) is 0 Å². The molecule has 0 atom stereocenters. The van der Waals surface area contributed by atoms with Crippen LogP contribution < -0.4 is 0 Å². The molecule has 1 heterocycles. The van der Waals surface area contributed by atoms with Crippen LogP contribution in [0.4, 0.5) is 4.39 Å². The Morgan fingerprint density at radius 1 is 1.25 bits per heavy atom. The molecule has 0 N–H and O–H groups in total. The van der Waals surface area contributed by atoms with Crippen LogP contribution in [0.15, 0.2) is 45.9 Å². The van der Waals surface area contributed by atoms with Crippen LogP contribution in [0.25, 0.3) is 11.3 Å². The molecule has 0 spiro atoms. The van der Waals surface area contributed by atoms with Crippen molar-refractivity contribution in [3.8, 4) is 11.3 Å². The van der Waals surface area contributed by atoms with Crippen molar-refractivity contribution in [3.63, 3.8) is 0 Å². The normalized spacial score (nSPS) is 11.6. The maximum absolute atomic E-state index is 13.2. The number of furan rings is 1. The topological polar surface area (TPSA) is 47.3 Å². The fourth-order valence-electron chi connectivity index (χ4n) is 1.29. The zero-order chi connectivity index (χ0) is 11.8. The van der Waals surface area contributed by atoms with Crippen LogP contribution in [0.2, 0.25) is 0 Å². The zero-order valence-electron chi connectivity index (χ0n) is 7.85. The van der Waals surface area contributed by atoms with E-state index in [1.807, 2.05) is 0 Å². The molecule has 0 amide bonds. The van der Waals surface area contributed by atoms with E-state index in [1.165, 1.54) is 12.3 Å². The third kappa shape index (κ3) is 2.10. The maximum atomic E-state index is 13.2. The number of benzene rings is 1. The lowest BCUT2D eigenvalue weighted by Crippen LogP contribution is -1.95. The fourth-order valence-corrected chi connectivity index (χ4v) is 2.21. The molecule has 0 unspecified atom stereocenters. The first-order valence-corrected chi connectivity index (χ1v) is 6.57. The number of hydrogen-bond donors (Lipinski definition) is 0. The first-order valence-electron chi connectivity index (χ1n) is 4.26. The molecule has 84 valence electrons. The molecule has 0 saturated carbocycles. The summed E-state index contributed by atoms with van der Waals surface area (Å²) in [7, 11) is 1.01. The van der Waals surface area contributed by atoms with Crippen LogP contribution in [0, 0.1) is 5.82 Å². The van der Waals surface area contributed by atoms with Gasteiger partial charge in [-0.3, -0.25) is 0 Å². The van der Waals surface area contributed by atoms with Gasteiger partial charge in [0.25, 0.3) is 9.05 Å². The molecule has 0 aliphatic rings. The molecule has 0 saturated heterocycles. The molecule has 0 bridgehead atoms. The van der Waals surface area contributed by atoms with Gasteiger partial charge >= 0.3 is 0 Å². The summed E-state index contributed by atoms with van der Waals surface area (Å²) in [6.07, 6.45) is 1.44. The Morgan fingerprint density at radius 2 is 2.00 bits per heavy atom. The Morgan fingerprint density at radius 3 is 2.56 bits per heavy atom. The fraction of sp³-hybridized carbons (Fsp3) is 0. The van der Waals surface area contributed by atoms with Gasteiger partial charge in [0.05, 0.1) is 6.26 Å². The molecule has 2 aromatic rings. The van der Waals surface area contributed by atoms with E-state index in [9.17, 15) is 12.8 Å². The van der Waals surface area contributed by atoms with Gasteiger partial charge in [0, 0.05) is 16.2 Å². The van der Waals surface area contributed by atoms with E-state index in [0.717, 1.165) is 12.1 Å². The second-order valence-electron chi connectivity index (χ2n) is 3.06. The second-order valence-corrected chi connectivity index (χ2v) is 5.59. The first-order chi connectivity index (χ1) is 7.48. The van der Waals surface area contributed by atoms with E-state index in [1.54, 1.807) is 12.1 Å². The molecule has 16 heavy (non-hydrogen) atoms. The number of halogens is 2. The highest BCUT2D eigenvalue weighted by molar-refractivity contribution is 8.13. The Kier molecular flexibility index (Phi) is 2.73. The molecule has 0 radical (unpaired) electrons. The molecule has 6 heteroatoms. The van der Waals surface area contributed by atoms with E-state index >= 15 is 0 Å². The van der Waals surface area contributed by atoms with Crippen LogP contribution in [-0.2, 0) is 9.05 Å². The van der Waals surface area contributed by atoms with Crippen molar-refractivity contribution in [2.24, 2.45) is 0 Å². The van der Waals surface area contributed by atoms with Crippen molar-refractivity contribution in [2.75, 3.05) is 0 Å². The molecule has 2 rings (SSSR count). The molecule has 3 nitrogen and oxygen atoms in total. The van der Waals surface area contributed by atoms with E-state index in [0.29, 0.717) is 11.3 Å². The summed E-state index contributed by atoms with van der Waals surface area (Å²) in [4.78, 5) is -0.553. The van der Waals surface area contributed by atoms with Crippen LogP contribution >= 0.6 is 10.7 Å². The zero-order valence-corrected chi connectivity index (χ0v) is 9.43. The van der Waals surface area contributed by atoms with E-state index in [4.69, 9.17) is 15.1 Å². The summed E-state index contributed by atoms with van der Waals surface area (Å²) in [5, 5.41) is 0. The largest absolute Gasteiger partial charge is 0.464 e. The predicted molar refractivity (Wildman–Crippen MR) is 57.1 cm³/mol. The van der Waals surface area contributed by atoms with Gasteiger partial charge in [-0.1, -0.05) is 0 Å². The van der Waals surface area contributed by atoms with Gasteiger partial charge in [-0.2, -0.15) is 0 Å². The highest BCUT2D eigenvalue weighted by Gasteiger charge is 2.17. The Labute approximate surface area is 95.9 Å². The summed E-state index contributed by atoms with van der Waals surface area (Å²) in [6, 6.07) is 6.87. The third-order valence-electron chi connectivity index (χ3n) is 2.00. The Bertz CT molecular complexity index is 605. The molecule has 0 aliphatic heterocycles. The lowest BCUT2D eigenvalue weighted by molar-refractivity contribution is 0.571. The minimum atomic E-state index is -4.09. The summed E-state index contributed by atoms with van der Waals surface area (Å²) in [6.45, 7) is 0. The van der Waals surface area contributed by atoms with E-state index in [2.05, 4.69) is 0 Å². The summed E-state index contributed by atoms with van der Waals surface area (Å²) in [5.41, 5.74) is 0.450. The SMILES string of the molecule is O=S(=O)(Cl)c1cc(-c2ccco2)ccc1F. The van der Waals surface area contributed by atoms with Crippen molar-refractivity contribution in [3.05, 3.63) is 42.4 Å². The first kappa shape index (κ1) is 11.2. The molecule has 0 fully saturated rings. The Balaban J connectivity index is 2.61. The smallest absolute Gasteiger partial charge is 0.264 e. The highest BCUT2D eigenvalue weighted by atomic mass is 35.7. The molecular formula is C10H6ClFO3S. The molecular weight excluding hydrogens is 255 g/mol. The van der Waals surface area contributed by atoms with Gasteiger partial charge in [0.2, 0.25) is 0 Å². The van der Waals surface area contributed by atoms with Crippen molar-refractivity contribution in [1.29, 1.82) is 0 Å². The molecule has 1 aromatic carbocycles. The maximum Gasteiger partial charge on any atom is 0.264 e. The monoisotopic (exact) mass is 260 g/mol. The molecule has 0 aliphatic carbocycles. The Hall–Kier alpha value is -1.33. The summed E-state index contributed by atoms with van der Waals surface area (Å²) >= 11 is 0. The average molecular weight is 261 g/mol. The predicted octanol–water partition coefficient (Wildman–Crippen LogP) is 3.01. The van der Waals surface area contributed by atoms with Gasteiger partial charge in [-0.05, 0) is 30.3 Å². The number of hydrogen-bond acceptors (Lipinski definition) is 3. The highest BCUT2D eigenvalue weighted by Crippen LogP contribution is 2.26. The quantitative estimate of drug-likeness (QED) is 0.780. The average Bonchev–Trinajstić information content (AvgIpc) is 2.69. The van der Waals surface area contributed by atoms with Gasteiger partial charge < -0.3 is 4.42 Å². The minimum Gasteiger partial charge on any atom is -0.464 e. The van der Waals surface area contributed by atoms with Gasteiger partial charge in [-0.25, -0.2) is 12.8 Å². The third-order valence-corrected chi connectivity index (χ3v) is 3.34. The van der Waals surface area contributed by atoms with Crippen molar-refractivity contribution in [2.45, 2.75) is 4.90 Å². The van der Waals surface area contributed by atoms with Crippen LogP contribution in [0.5, 0.6) is 0 Å². The second kappa shape index (κ2) is 3.92. The van der Waals surface area contributed by atoms with Crippen LogP contribution in [0.1, 0.15) is 0 Å². The van der Waals surface area contributed by atoms with Crippen molar-refractivity contribution < 1.29 is 17.2 Å². The summed E-state index contributed by atoms with van der Waals surface area (Å²) in [5.74, 6) is -0.438.